The first kappa shape index (κ1) is 27.7. The Morgan fingerprint density at radius 3 is 2.45 bits per heavy atom. The van der Waals surface area contributed by atoms with E-state index in [0.717, 1.165) is 49.2 Å². The molecule has 2 saturated heterocycles. The Morgan fingerprint density at radius 1 is 1.05 bits per heavy atom. The molecule has 2 aromatic carbocycles. The summed E-state index contributed by atoms with van der Waals surface area (Å²) in [5.74, 6) is -0.342. The van der Waals surface area contributed by atoms with Gasteiger partial charge in [-0.2, -0.15) is 23.4 Å². The van der Waals surface area contributed by atoms with E-state index >= 15 is 0 Å². The van der Waals surface area contributed by atoms with E-state index in [1.54, 1.807) is 0 Å². The van der Waals surface area contributed by atoms with Crippen LogP contribution in [-0.4, -0.2) is 54.7 Å². The van der Waals surface area contributed by atoms with Gasteiger partial charge in [0.05, 0.1) is 24.1 Å². The number of hydrogen-bond acceptors (Lipinski definition) is 8. The van der Waals surface area contributed by atoms with Crippen LogP contribution in [0.3, 0.4) is 0 Å². The first-order chi connectivity index (χ1) is 19.0. The van der Waals surface area contributed by atoms with Crippen molar-refractivity contribution in [3.05, 3.63) is 71.4 Å². The summed E-state index contributed by atoms with van der Waals surface area (Å²) in [4.78, 5) is 18.5. The first-order valence-corrected chi connectivity index (χ1v) is 13.2. The molecule has 3 aromatic rings. The van der Waals surface area contributed by atoms with E-state index in [2.05, 4.69) is 38.2 Å². The van der Waals surface area contributed by atoms with Crippen molar-refractivity contribution >= 4 is 23.1 Å². The number of benzene rings is 2. The second-order valence-electron chi connectivity index (χ2n) is 10.7. The fraction of sp³-hybridized carbons (Fsp3) is 0.414. The molecule has 3 heterocycles. The Bertz CT molecular complexity index is 1380. The van der Waals surface area contributed by atoms with Gasteiger partial charge in [-0.15, -0.1) is 0 Å². The fourth-order valence-corrected chi connectivity index (χ4v) is 4.94. The van der Waals surface area contributed by atoms with Crippen LogP contribution in [0.25, 0.3) is 0 Å². The van der Waals surface area contributed by atoms with Crippen LogP contribution >= 0.6 is 0 Å². The highest BCUT2D eigenvalue weighted by molar-refractivity contribution is 5.66. The van der Waals surface area contributed by atoms with Crippen LogP contribution in [-0.2, 0) is 16.4 Å². The third kappa shape index (κ3) is 5.83. The van der Waals surface area contributed by atoms with E-state index in [-0.39, 0.29) is 18.4 Å². The van der Waals surface area contributed by atoms with E-state index in [4.69, 9.17) is 4.84 Å². The van der Waals surface area contributed by atoms with Gasteiger partial charge < -0.3 is 15.1 Å². The highest BCUT2D eigenvalue weighted by Crippen LogP contribution is 2.42. The lowest BCUT2D eigenvalue weighted by Crippen LogP contribution is -2.44. The van der Waals surface area contributed by atoms with Gasteiger partial charge in [0.2, 0.25) is 5.95 Å². The summed E-state index contributed by atoms with van der Waals surface area (Å²) in [5.41, 5.74) is 1.38. The normalized spacial score (nSPS) is 18.6. The van der Waals surface area contributed by atoms with E-state index in [1.165, 1.54) is 5.06 Å². The summed E-state index contributed by atoms with van der Waals surface area (Å²) in [7, 11) is 2.07. The van der Waals surface area contributed by atoms with Gasteiger partial charge in [0, 0.05) is 50.2 Å². The molecule has 0 amide bonds. The van der Waals surface area contributed by atoms with Gasteiger partial charge in [0.25, 0.3) is 0 Å². The van der Waals surface area contributed by atoms with E-state index in [9.17, 15) is 18.4 Å². The zero-order valence-corrected chi connectivity index (χ0v) is 22.7. The average molecular weight is 552 g/mol. The Hall–Kier alpha value is -3.88. The minimum Gasteiger partial charge on any atom is -0.369 e. The van der Waals surface area contributed by atoms with E-state index < -0.39 is 23.2 Å². The molecule has 0 unspecified atom stereocenters. The van der Waals surface area contributed by atoms with Gasteiger partial charge in [-0.3, -0.25) is 4.84 Å². The van der Waals surface area contributed by atoms with Gasteiger partial charge in [-0.1, -0.05) is 30.3 Å². The number of rotatable bonds is 6. The van der Waals surface area contributed by atoms with Gasteiger partial charge in [-0.05, 0) is 50.2 Å². The number of aromatic nitrogens is 2. The van der Waals surface area contributed by atoms with Crippen LogP contribution in [0.1, 0.15) is 43.0 Å². The minimum absolute atomic E-state index is 0.00144. The highest BCUT2D eigenvalue weighted by Gasteiger charge is 2.40. The lowest BCUT2D eigenvalue weighted by Gasteiger charge is -2.35. The van der Waals surface area contributed by atoms with Crippen molar-refractivity contribution < 1.29 is 18.0 Å². The lowest BCUT2D eigenvalue weighted by molar-refractivity contribution is -0.138. The molecule has 0 bridgehead atoms. The molecule has 8 nitrogen and oxygen atoms in total. The summed E-state index contributed by atoms with van der Waals surface area (Å²) >= 11 is 0. The van der Waals surface area contributed by atoms with Crippen molar-refractivity contribution in [2.75, 3.05) is 55.1 Å². The second-order valence-corrected chi connectivity index (χ2v) is 10.7. The number of nitrogens with one attached hydrogen (secondary N) is 1. The molecule has 11 heteroatoms. The Kier molecular flexibility index (Phi) is 7.57. The standard InChI is InChI=1S/C29H32F3N7O/c1-28(2,19-33)21-15-22(17-23(16-21)38-12-10-37(3)11-13-38)35-27-34-18-24(29(30,31)32)26(36-27)39-25(9-14-40-39)20-7-5-4-6-8-20/h4-8,15-18,25H,9-14H2,1-3H3,(H,34,35,36)/t25-/m0/s1. The van der Waals surface area contributed by atoms with Crippen LogP contribution in [0, 0.1) is 11.3 Å². The molecule has 40 heavy (non-hydrogen) atoms. The maximum Gasteiger partial charge on any atom is 0.421 e. The summed E-state index contributed by atoms with van der Waals surface area (Å²) in [6, 6.07) is 16.9. The topological polar surface area (TPSA) is 80.6 Å². The number of alkyl halides is 3. The summed E-state index contributed by atoms with van der Waals surface area (Å²) in [5, 5.41) is 14.2. The monoisotopic (exact) mass is 551 g/mol. The van der Waals surface area contributed by atoms with Gasteiger partial charge in [0.1, 0.15) is 5.56 Å². The van der Waals surface area contributed by atoms with Crippen molar-refractivity contribution in [1.82, 2.24) is 14.9 Å². The molecule has 210 valence electrons. The maximum absolute atomic E-state index is 14.1. The van der Waals surface area contributed by atoms with Crippen LogP contribution in [0.4, 0.5) is 36.3 Å². The lowest BCUT2D eigenvalue weighted by atomic mass is 9.85. The van der Waals surface area contributed by atoms with Crippen molar-refractivity contribution in [2.24, 2.45) is 0 Å². The molecule has 1 aromatic heterocycles. The first-order valence-electron chi connectivity index (χ1n) is 13.2. The number of hydrogen-bond donors (Lipinski definition) is 1. The third-order valence-corrected chi connectivity index (χ3v) is 7.42. The number of hydroxylamine groups is 1. The van der Waals surface area contributed by atoms with Crippen LogP contribution in [0.15, 0.2) is 54.7 Å². The maximum atomic E-state index is 14.1. The molecule has 2 aliphatic rings. The number of piperazine rings is 1. The number of likely N-dealkylation sites (N-methyl/N-ethyl adjacent to an activating group) is 1. The number of halogens is 3. The van der Waals surface area contributed by atoms with Crippen molar-refractivity contribution in [2.45, 2.75) is 37.9 Å². The molecule has 0 aliphatic carbocycles. The molecule has 0 spiro atoms. The van der Waals surface area contributed by atoms with Gasteiger partial charge in [-0.25, -0.2) is 10.0 Å². The SMILES string of the molecule is CN1CCN(c2cc(Nc3ncc(C(F)(F)F)c(N4OCC[C@H]4c4ccccc4)n3)cc(C(C)(C)C#N)c2)CC1. The van der Waals surface area contributed by atoms with Crippen LogP contribution < -0.4 is 15.3 Å². The molecule has 2 fully saturated rings. The van der Waals surface area contributed by atoms with Gasteiger partial charge >= 0.3 is 6.18 Å². The van der Waals surface area contributed by atoms with E-state index in [0.29, 0.717) is 12.1 Å². The number of nitriles is 1. The third-order valence-electron chi connectivity index (χ3n) is 7.42. The minimum atomic E-state index is -4.67. The largest absolute Gasteiger partial charge is 0.421 e. The fourth-order valence-electron chi connectivity index (χ4n) is 4.94. The summed E-state index contributed by atoms with van der Waals surface area (Å²) in [6.07, 6.45) is -3.36. The van der Waals surface area contributed by atoms with Gasteiger partial charge in [0.15, 0.2) is 5.82 Å². The molecule has 0 radical (unpaired) electrons. The molecule has 2 aliphatic heterocycles. The van der Waals surface area contributed by atoms with E-state index in [1.807, 2.05) is 62.4 Å². The molecule has 0 saturated carbocycles. The molecule has 1 atom stereocenters. The molecular formula is C29H32F3N7O. The van der Waals surface area contributed by atoms with Crippen LogP contribution in [0.5, 0.6) is 0 Å². The second kappa shape index (κ2) is 10.9. The summed E-state index contributed by atoms with van der Waals surface area (Å²) in [6.45, 7) is 7.38. The van der Waals surface area contributed by atoms with Crippen molar-refractivity contribution in [3.63, 3.8) is 0 Å². The molecular weight excluding hydrogens is 519 g/mol. The Morgan fingerprint density at radius 2 is 1.77 bits per heavy atom. The highest BCUT2D eigenvalue weighted by atomic mass is 19.4. The predicted molar refractivity (Wildman–Crippen MR) is 147 cm³/mol. The smallest absolute Gasteiger partial charge is 0.369 e. The van der Waals surface area contributed by atoms with Crippen molar-refractivity contribution in [3.8, 4) is 6.07 Å². The quantitative estimate of drug-likeness (QED) is 0.420. The number of anilines is 4. The summed E-state index contributed by atoms with van der Waals surface area (Å²) < 4.78 is 42.2. The zero-order valence-electron chi connectivity index (χ0n) is 22.7. The average Bonchev–Trinajstić information content (AvgIpc) is 3.43. The molecule has 1 N–H and O–H groups in total. The van der Waals surface area contributed by atoms with Crippen LogP contribution in [0.2, 0.25) is 0 Å². The Labute approximate surface area is 232 Å². The van der Waals surface area contributed by atoms with Crippen molar-refractivity contribution in [1.29, 1.82) is 5.26 Å². The predicted octanol–water partition coefficient (Wildman–Crippen LogP) is 5.67. The Balaban J connectivity index is 1.52. The zero-order chi connectivity index (χ0) is 28.5. The number of nitrogens with zero attached hydrogens (tertiary/aromatic N) is 6. The molecule has 5 rings (SSSR count).